The molecule has 1 aromatic rings. The van der Waals surface area contributed by atoms with Gasteiger partial charge in [-0.2, -0.15) is 0 Å². The maximum absolute atomic E-state index is 12.9. The number of rotatable bonds is 4. The van der Waals surface area contributed by atoms with E-state index in [0.717, 1.165) is 31.9 Å². The van der Waals surface area contributed by atoms with Crippen molar-refractivity contribution in [2.45, 2.75) is 44.2 Å². The molecule has 1 amide bonds. The number of nitrogens with two attached hydrogens (primary N) is 1. The third-order valence-corrected chi connectivity index (χ3v) is 3.58. The Bertz CT molecular complexity index is 428. The number of aromatic nitrogens is 1. The number of hydrogen-bond acceptors (Lipinski definition) is 3. The van der Waals surface area contributed by atoms with Crippen LogP contribution < -0.4 is 11.1 Å². The lowest BCUT2D eigenvalue weighted by molar-refractivity contribution is -0.124. The van der Waals surface area contributed by atoms with Crippen molar-refractivity contribution in [3.8, 4) is 0 Å². The van der Waals surface area contributed by atoms with Crippen molar-refractivity contribution in [3.63, 3.8) is 0 Å². The van der Waals surface area contributed by atoms with Gasteiger partial charge in [0, 0.05) is 6.04 Å². The number of carbonyl (C=O) groups is 1. The van der Waals surface area contributed by atoms with Gasteiger partial charge in [-0.3, -0.25) is 15.1 Å². The number of halogens is 1. The van der Waals surface area contributed by atoms with E-state index in [9.17, 15) is 9.18 Å². The zero-order valence-electron chi connectivity index (χ0n) is 10.4. The van der Waals surface area contributed by atoms with Crippen molar-refractivity contribution in [2.24, 2.45) is 5.73 Å². The summed E-state index contributed by atoms with van der Waals surface area (Å²) in [6, 6.07) is 3.07. The zero-order chi connectivity index (χ0) is 13.2. The molecule has 1 heterocycles. The Hall–Kier alpha value is -1.49. The van der Waals surface area contributed by atoms with Gasteiger partial charge in [0.25, 0.3) is 0 Å². The van der Waals surface area contributed by atoms with Crippen LogP contribution in [0.25, 0.3) is 0 Å². The first-order valence-electron chi connectivity index (χ1n) is 6.22. The molecule has 1 aliphatic rings. The second kappa shape index (κ2) is 5.02. The second-order valence-corrected chi connectivity index (χ2v) is 4.98. The Morgan fingerprint density at radius 1 is 1.50 bits per heavy atom. The first kappa shape index (κ1) is 13.0. The predicted molar refractivity (Wildman–Crippen MR) is 66.1 cm³/mol. The minimum Gasteiger partial charge on any atom is -0.368 e. The van der Waals surface area contributed by atoms with Crippen molar-refractivity contribution >= 4 is 5.91 Å². The third kappa shape index (κ3) is 2.51. The van der Waals surface area contributed by atoms with Crippen molar-refractivity contribution in [3.05, 3.63) is 29.8 Å². The number of primary amides is 1. The van der Waals surface area contributed by atoms with Gasteiger partial charge in [-0.1, -0.05) is 12.8 Å². The minimum absolute atomic E-state index is 0.273. The Kier molecular flexibility index (Phi) is 3.61. The van der Waals surface area contributed by atoms with Crippen molar-refractivity contribution in [1.29, 1.82) is 0 Å². The Morgan fingerprint density at radius 2 is 2.17 bits per heavy atom. The lowest BCUT2D eigenvalue weighted by Gasteiger charge is -2.30. The molecule has 0 bridgehead atoms. The smallest absolute Gasteiger partial charge is 0.243 e. The molecule has 1 aromatic heterocycles. The molecule has 18 heavy (non-hydrogen) atoms. The van der Waals surface area contributed by atoms with Crippen LogP contribution in [0.15, 0.2) is 18.3 Å². The summed E-state index contributed by atoms with van der Waals surface area (Å²) in [7, 11) is 0. The van der Waals surface area contributed by atoms with Crippen LogP contribution in [0.2, 0.25) is 0 Å². The molecule has 3 N–H and O–H groups in total. The fourth-order valence-electron chi connectivity index (χ4n) is 2.42. The second-order valence-electron chi connectivity index (χ2n) is 4.98. The summed E-state index contributed by atoms with van der Waals surface area (Å²) in [5.41, 5.74) is 4.91. The molecule has 1 fully saturated rings. The summed E-state index contributed by atoms with van der Waals surface area (Å²) in [5.74, 6) is -0.917. The molecule has 4 nitrogen and oxygen atoms in total. The van der Waals surface area contributed by atoms with Crippen LogP contribution in [0, 0.1) is 5.82 Å². The predicted octanol–water partition coefficient (Wildman–Crippen LogP) is 1.45. The topological polar surface area (TPSA) is 68.0 Å². The molecule has 1 aliphatic carbocycles. The summed E-state index contributed by atoms with van der Waals surface area (Å²) in [4.78, 5) is 15.7. The number of carbonyl (C=O) groups excluding carboxylic acids is 1. The Balaban J connectivity index is 2.25. The van der Waals surface area contributed by atoms with Gasteiger partial charge in [-0.05, 0) is 31.9 Å². The molecule has 1 unspecified atom stereocenters. The van der Waals surface area contributed by atoms with Crippen molar-refractivity contribution in [1.82, 2.24) is 10.3 Å². The van der Waals surface area contributed by atoms with Crippen molar-refractivity contribution in [2.75, 3.05) is 0 Å². The van der Waals surface area contributed by atoms with Crippen LogP contribution in [0.4, 0.5) is 4.39 Å². The first-order valence-corrected chi connectivity index (χ1v) is 6.22. The van der Waals surface area contributed by atoms with Crippen LogP contribution in [0.1, 0.15) is 38.3 Å². The molecule has 1 saturated carbocycles. The Morgan fingerprint density at radius 3 is 2.67 bits per heavy atom. The summed E-state index contributed by atoms with van der Waals surface area (Å²) in [5, 5.41) is 3.27. The molecular weight excluding hydrogens is 233 g/mol. The van der Waals surface area contributed by atoms with E-state index in [-0.39, 0.29) is 6.04 Å². The first-order chi connectivity index (χ1) is 8.52. The molecule has 0 aromatic carbocycles. The van der Waals surface area contributed by atoms with E-state index in [4.69, 9.17) is 5.73 Å². The lowest BCUT2D eigenvalue weighted by atomic mass is 9.94. The quantitative estimate of drug-likeness (QED) is 0.851. The highest BCUT2D eigenvalue weighted by Gasteiger charge is 2.37. The molecule has 0 aliphatic heterocycles. The summed E-state index contributed by atoms with van der Waals surface area (Å²) >= 11 is 0. The maximum atomic E-state index is 12.9. The van der Waals surface area contributed by atoms with E-state index in [1.54, 1.807) is 6.92 Å². The van der Waals surface area contributed by atoms with Crippen LogP contribution in [-0.2, 0) is 10.3 Å². The van der Waals surface area contributed by atoms with E-state index in [1.165, 1.54) is 12.1 Å². The van der Waals surface area contributed by atoms with Gasteiger partial charge >= 0.3 is 0 Å². The lowest BCUT2D eigenvalue weighted by Crippen LogP contribution is -2.54. The van der Waals surface area contributed by atoms with E-state index in [0.29, 0.717) is 5.69 Å². The highest BCUT2D eigenvalue weighted by Crippen LogP contribution is 2.25. The standard InChI is InChI=1S/C13H18FN3O/c1-13(12(15)18,17-10-4-2-3-5-10)11-7-6-9(14)8-16-11/h6-8,10,17H,2-5H2,1H3,(H2,15,18). The average molecular weight is 251 g/mol. The molecule has 1 atom stereocenters. The van der Waals surface area contributed by atoms with Gasteiger partial charge in [0.1, 0.15) is 11.4 Å². The fourth-order valence-corrected chi connectivity index (χ4v) is 2.42. The summed E-state index contributed by atoms with van der Waals surface area (Å²) in [6.07, 6.45) is 5.48. The average Bonchev–Trinajstić information content (AvgIpc) is 2.82. The van der Waals surface area contributed by atoms with Crippen LogP contribution in [-0.4, -0.2) is 16.9 Å². The highest BCUT2D eigenvalue weighted by molar-refractivity contribution is 5.85. The zero-order valence-corrected chi connectivity index (χ0v) is 10.4. The van der Waals surface area contributed by atoms with Gasteiger partial charge in [0.15, 0.2) is 0 Å². The molecule has 2 rings (SSSR count). The highest BCUT2D eigenvalue weighted by atomic mass is 19.1. The fraction of sp³-hybridized carbons (Fsp3) is 0.538. The normalized spacial score (nSPS) is 19.7. The number of amides is 1. The molecule has 0 saturated heterocycles. The maximum Gasteiger partial charge on any atom is 0.243 e. The third-order valence-electron chi connectivity index (χ3n) is 3.58. The van der Waals surface area contributed by atoms with Crippen LogP contribution in [0.5, 0.6) is 0 Å². The summed E-state index contributed by atoms with van der Waals surface area (Å²) in [6.45, 7) is 1.70. The van der Waals surface area contributed by atoms with Crippen molar-refractivity contribution < 1.29 is 9.18 Å². The number of nitrogens with zero attached hydrogens (tertiary/aromatic N) is 1. The molecule has 0 spiro atoms. The molecule has 0 radical (unpaired) electrons. The molecular formula is C13H18FN3O. The van der Waals surface area contributed by atoms with Crippen LogP contribution >= 0.6 is 0 Å². The largest absolute Gasteiger partial charge is 0.368 e. The molecule has 98 valence electrons. The van der Waals surface area contributed by atoms with E-state index >= 15 is 0 Å². The van der Waals surface area contributed by atoms with E-state index in [2.05, 4.69) is 10.3 Å². The van der Waals surface area contributed by atoms with Gasteiger partial charge in [0.05, 0.1) is 11.9 Å². The van der Waals surface area contributed by atoms with E-state index in [1.807, 2.05) is 0 Å². The molecule has 5 heteroatoms. The minimum atomic E-state index is -1.04. The van der Waals surface area contributed by atoms with Gasteiger partial charge in [-0.15, -0.1) is 0 Å². The van der Waals surface area contributed by atoms with Crippen LogP contribution in [0.3, 0.4) is 0 Å². The number of nitrogens with one attached hydrogen (secondary N) is 1. The Labute approximate surface area is 106 Å². The van der Waals surface area contributed by atoms with Gasteiger partial charge in [-0.25, -0.2) is 4.39 Å². The monoisotopic (exact) mass is 251 g/mol. The number of hydrogen-bond donors (Lipinski definition) is 2. The van der Waals surface area contributed by atoms with Gasteiger partial charge < -0.3 is 5.73 Å². The van der Waals surface area contributed by atoms with E-state index < -0.39 is 17.3 Å². The number of pyridine rings is 1. The van der Waals surface area contributed by atoms with Gasteiger partial charge in [0.2, 0.25) is 5.91 Å². The summed E-state index contributed by atoms with van der Waals surface area (Å²) < 4.78 is 12.9. The SMILES string of the molecule is CC(NC1CCCC1)(C(N)=O)c1ccc(F)cn1.